The smallest absolute Gasteiger partial charge is 0.269 e. The average molecular weight is 280 g/mol. The topological polar surface area (TPSA) is 55.2 Å². The van der Waals surface area contributed by atoms with Gasteiger partial charge in [0, 0.05) is 6.07 Å². The monoisotopic (exact) mass is 280 g/mol. The first-order chi connectivity index (χ1) is 9.63. The highest BCUT2D eigenvalue weighted by molar-refractivity contribution is 5.96. The minimum Gasteiger partial charge on any atom is -0.497 e. The number of hydrazine groups is 1. The maximum absolute atomic E-state index is 12.3. The van der Waals surface area contributed by atoms with Gasteiger partial charge in [-0.05, 0) is 12.1 Å². The Labute approximate surface area is 119 Å². The van der Waals surface area contributed by atoms with Crippen LogP contribution in [0, 0.1) is 0 Å². The Morgan fingerprint density at radius 1 is 1.25 bits per heavy atom. The van der Waals surface area contributed by atoms with E-state index in [1.54, 1.807) is 32.4 Å². The number of hydrogen-bond acceptors (Lipinski definition) is 4. The second kappa shape index (κ2) is 6.58. The zero-order valence-corrected chi connectivity index (χ0v) is 12.2. The number of benzene rings is 1. The number of carbonyl (C=O) groups is 1. The molecule has 6 heteroatoms. The van der Waals surface area contributed by atoms with Crippen molar-refractivity contribution in [3.05, 3.63) is 23.8 Å². The molecule has 1 aliphatic rings. The number of nitrogens with zero attached hydrogens (tertiary/aromatic N) is 1. The van der Waals surface area contributed by atoms with Crippen molar-refractivity contribution in [2.24, 2.45) is 0 Å². The predicted octanol–water partition coefficient (Wildman–Crippen LogP) is -0.821. The summed E-state index contributed by atoms with van der Waals surface area (Å²) in [6.07, 6.45) is 0. The van der Waals surface area contributed by atoms with E-state index >= 15 is 0 Å². The number of rotatable bonds is 4. The fourth-order valence-electron chi connectivity index (χ4n) is 2.19. The minimum absolute atomic E-state index is 0.149. The van der Waals surface area contributed by atoms with Crippen molar-refractivity contribution in [2.75, 3.05) is 47.4 Å². The molecule has 0 saturated carbocycles. The second-order valence-electron chi connectivity index (χ2n) is 4.95. The van der Waals surface area contributed by atoms with Crippen molar-refractivity contribution >= 4 is 5.91 Å². The normalized spacial score (nSPS) is 16.8. The lowest BCUT2D eigenvalue weighted by Crippen LogP contribution is -3.12. The van der Waals surface area contributed by atoms with Gasteiger partial charge in [-0.2, -0.15) is 0 Å². The molecule has 0 atom stereocenters. The first-order valence-electron chi connectivity index (χ1n) is 6.73. The van der Waals surface area contributed by atoms with Gasteiger partial charge in [0.25, 0.3) is 5.91 Å². The van der Waals surface area contributed by atoms with Crippen molar-refractivity contribution in [1.29, 1.82) is 0 Å². The van der Waals surface area contributed by atoms with Crippen LogP contribution in [0.3, 0.4) is 0 Å². The molecule has 2 rings (SSSR count). The van der Waals surface area contributed by atoms with E-state index < -0.39 is 0 Å². The fraction of sp³-hybridized carbons (Fsp3) is 0.500. The number of piperazine rings is 1. The highest BCUT2D eigenvalue weighted by Gasteiger charge is 2.20. The lowest BCUT2D eigenvalue weighted by atomic mass is 10.2. The van der Waals surface area contributed by atoms with Gasteiger partial charge in [-0.25, -0.2) is 5.01 Å². The molecular weight excluding hydrogens is 258 g/mol. The number of quaternary nitrogens is 1. The number of amides is 1. The van der Waals surface area contributed by atoms with Gasteiger partial charge in [-0.3, -0.25) is 10.2 Å². The summed E-state index contributed by atoms with van der Waals surface area (Å²) in [5.41, 5.74) is 3.44. The highest BCUT2D eigenvalue weighted by Crippen LogP contribution is 2.24. The molecule has 0 unspecified atom stereocenters. The maximum Gasteiger partial charge on any atom is 0.269 e. The van der Waals surface area contributed by atoms with Crippen molar-refractivity contribution < 1.29 is 19.2 Å². The largest absolute Gasteiger partial charge is 0.497 e. The Morgan fingerprint density at radius 2 is 1.95 bits per heavy atom. The molecule has 1 aromatic rings. The molecular formula is C14H22N3O3+. The van der Waals surface area contributed by atoms with Crippen LogP contribution in [-0.2, 0) is 0 Å². The third-order valence-electron chi connectivity index (χ3n) is 3.53. The van der Waals surface area contributed by atoms with E-state index in [1.165, 1.54) is 4.90 Å². The minimum atomic E-state index is -0.149. The molecule has 6 nitrogen and oxygen atoms in total. The van der Waals surface area contributed by atoms with Crippen LogP contribution in [0.25, 0.3) is 0 Å². The van der Waals surface area contributed by atoms with Crippen LogP contribution >= 0.6 is 0 Å². The lowest BCUT2D eigenvalue weighted by molar-refractivity contribution is -0.884. The predicted molar refractivity (Wildman–Crippen MR) is 75.2 cm³/mol. The molecule has 0 radical (unpaired) electrons. The van der Waals surface area contributed by atoms with Crippen LogP contribution in [-0.4, -0.2) is 58.4 Å². The Bertz CT molecular complexity index is 471. The fourth-order valence-corrected chi connectivity index (χ4v) is 2.19. The Balaban J connectivity index is 2.05. The molecule has 1 fully saturated rings. The van der Waals surface area contributed by atoms with Gasteiger partial charge in [-0.1, -0.05) is 0 Å². The molecule has 0 aromatic heterocycles. The van der Waals surface area contributed by atoms with Gasteiger partial charge in [0.15, 0.2) is 0 Å². The van der Waals surface area contributed by atoms with Crippen LogP contribution in [0.15, 0.2) is 18.2 Å². The average Bonchev–Trinajstić information content (AvgIpc) is 2.48. The van der Waals surface area contributed by atoms with Crippen molar-refractivity contribution in [1.82, 2.24) is 10.4 Å². The molecule has 1 aromatic carbocycles. The summed E-state index contributed by atoms with van der Waals surface area (Å²) in [5.74, 6) is 1.03. The van der Waals surface area contributed by atoms with Gasteiger partial charge in [0.2, 0.25) is 0 Å². The number of likely N-dealkylation sites (N-methyl/N-ethyl adjacent to an activating group) is 1. The van der Waals surface area contributed by atoms with Crippen molar-refractivity contribution in [3.63, 3.8) is 0 Å². The summed E-state index contributed by atoms with van der Waals surface area (Å²) >= 11 is 0. The van der Waals surface area contributed by atoms with Crippen LogP contribution < -0.4 is 19.8 Å². The third kappa shape index (κ3) is 3.40. The lowest BCUT2D eigenvalue weighted by Gasteiger charge is -2.30. The summed E-state index contributed by atoms with van der Waals surface area (Å²) < 4.78 is 10.4. The van der Waals surface area contributed by atoms with Gasteiger partial charge in [-0.15, -0.1) is 0 Å². The van der Waals surface area contributed by atoms with Gasteiger partial charge in [0.05, 0.1) is 53.0 Å². The number of methoxy groups -OCH3 is 2. The first kappa shape index (κ1) is 14.6. The summed E-state index contributed by atoms with van der Waals surface area (Å²) in [6, 6.07) is 5.18. The number of carbonyl (C=O) groups excluding carboxylic acids is 1. The molecule has 2 N–H and O–H groups in total. The number of ether oxygens (including phenoxy) is 2. The number of nitrogens with one attached hydrogen (secondary N) is 2. The SMILES string of the molecule is COc1ccc(C(=O)NN2CC[NH+](C)CC2)c(OC)c1. The summed E-state index contributed by atoms with van der Waals surface area (Å²) in [6.45, 7) is 3.77. The first-order valence-corrected chi connectivity index (χ1v) is 6.73. The zero-order chi connectivity index (χ0) is 14.5. The van der Waals surface area contributed by atoms with Crippen LogP contribution in [0.4, 0.5) is 0 Å². The molecule has 0 spiro atoms. The van der Waals surface area contributed by atoms with E-state index in [1.807, 2.05) is 5.01 Å². The third-order valence-corrected chi connectivity index (χ3v) is 3.53. The molecule has 0 bridgehead atoms. The zero-order valence-electron chi connectivity index (χ0n) is 12.2. The van der Waals surface area contributed by atoms with Crippen LogP contribution in [0.1, 0.15) is 10.4 Å². The molecule has 110 valence electrons. The van der Waals surface area contributed by atoms with Crippen LogP contribution in [0.2, 0.25) is 0 Å². The Hall–Kier alpha value is -1.79. The summed E-state index contributed by atoms with van der Waals surface area (Å²) in [5, 5.41) is 1.96. The Kier molecular flexibility index (Phi) is 4.81. The van der Waals surface area contributed by atoms with E-state index in [0.717, 1.165) is 26.2 Å². The quantitative estimate of drug-likeness (QED) is 0.757. The van der Waals surface area contributed by atoms with Gasteiger partial charge >= 0.3 is 0 Å². The maximum atomic E-state index is 12.3. The highest BCUT2D eigenvalue weighted by atomic mass is 16.5. The van der Waals surface area contributed by atoms with E-state index in [2.05, 4.69) is 12.5 Å². The van der Waals surface area contributed by atoms with Crippen molar-refractivity contribution in [2.45, 2.75) is 0 Å². The molecule has 20 heavy (non-hydrogen) atoms. The molecule has 1 amide bonds. The van der Waals surface area contributed by atoms with Gasteiger partial charge in [0.1, 0.15) is 11.5 Å². The van der Waals surface area contributed by atoms with Crippen molar-refractivity contribution in [3.8, 4) is 11.5 Å². The number of hydrogen-bond donors (Lipinski definition) is 2. The van der Waals surface area contributed by atoms with Crippen LogP contribution in [0.5, 0.6) is 11.5 Å². The van der Waals surface area contributed by atoms with Gasteiger partial charge < -0.3 is 14.4 Å². The van der Waals surface area contributed by atoms with E-state index in [0.29, 0.717) is 17.1 Å². The van der Waals surface area contributed by atoms with E-state index in [9.17, 15) is 4.79 Å². The molecule has 1 saturated heterocycles. The molecule has 1 aliphatic heterocycles. The summed E-state index contributed by atoms with van der Waals surface area (Å²) in [4.78, 5) is 13.8. The standard InChI is InChI=1S/C14H21N3O3/c1-16-6-8-17(9-7-16)15-14(18)12-5-4-11(19-2)10-13(12)20-3/h4-5,10H,6-9H2,1-3H3,(H,15,18)/p+1. The second-order valence-corrected chi connectivity index (χ2v) is 4.95. The Morgan fingerprint density at radius 3 is 2.55 bits per heavy atom. The van der Waals surface area contributed by atoms with E-state index in [-0.39, 0.29) is 5.91 Å². The molecule has 0 aliphatic carbocycles. The molecule has 1 heterocycles. The summed E-state index contributed by atoms with van der Waals surface area (Å²) in [7, 11) is 5.29. The van der Waals surface area contributed by atoms with E-state index in [4.69, 9.17) is 9.47 Å².